The van der Waals surface area contributed by atoms with Crippen LogP contribution in [0.1, 0.15) is 68.9 Å². The summed E-state index contributed by atoms with van der Waals surface area (Å²) in [6.07, 6.45) is 16.8. The van der Waals surface area contributed by atoms with E-state index in [0.717, 1.165) is 36.8 Å². The van der Waals surface area contributed by atoms with Crippen molar-refractivity contribution in [3.05, 3.63) is 102 Å². The Balaban J connectivity index is 1.16. The molecule has 40 heavy (non-hydrogen) atoms. The molecule has 0 aliphatic carbocycles. The molecule has 0 unspecified atom stereocenters. The molecule has 0 N–H and O–H groups in total. The summed E-state index contributed by atoms with van der Waals surface area (Å²) in [4.78, 5) is 0.237. The van der Waals surface area contributed by atoms with Crippen molar-refractivity contribution >= 4 is 27.0 Å². The predicted octanol–water partition coefficient (Wildman–Crippen LogP) is 8.63. The van der Waals surface area contributed by atoms with Crippen LogP contribution in [-0.4, -0.2) is 26.1 Å². The van der Waals surface area contributed by atoms with E-state index in [9.17, 15) is 8.42 Å². The van der Waals surface area contributed by atoms with Gasteiger partial charge in [-0.15, -0.1) is 0 Å². The standard InChI is InChI=1S/C34H41NO4S/c1-38-31-22-24-32(25-23-31)40(36,37)35-27-30(33-20-14-15-21-34(33)35)19-13-8-6-4-2-3-5-7-9-16-26-39-28-29-17-11-10-12-18-29/h10-15,17-25,27H,2-9,16,26,28H2,1H3/b19-13+. The van der Waals surface area contributed by atoms with Gasteiger partial charge in [-0.25, -0.2) is 12.4 Å². The minimum atomic E-state index is -3.72. The highest BCUT2D eigenvalue weighted by Crippen LogP contribution is 2.28. The molecule has 4 rings (SSSR count). The summed E-state index contributed by atoms with van der Waals surface area (Å²) in [7, 11) is -2.15. The van der Waals surface area contributed by atoms with E-state index < -0.39 is 10.0 Å². The van der Waals surface area contributed by atoms with Gasteiger partial charge in [-0.1, -0.05) is 99.2 Å². The monoisotopic (exact) mass is 559 g/mol. The number of fused-ring (bicyclic) bond motifs is 1. The molecule has 4 aromatic rings. The van der Waals surface area contributed by atoms with Crippen LogP contribution in [0.5, 0.6) is 5.75 Å². The van der Waals surface area contributed by atoms with Crippen molar-refractivity contribution in [3.8, 4) is 5.75 Å². The quantitative estimate of drug-likeness (QED) is 0.122. The highest BCUT2D eigenvalue weighted by Gasteiger charge is 2.20. The van der Waals surface area contributed by atoms with Crippen molar-refractivity contribution in [2.45, 2.75) is 69.3 Å². The van der Waals surface area contributed by atoms with Crippen molar-refractivity contribution in [3.63, 3.8) is 0 Å². The van der Waals surface area contributed by atoms with Crippen LogP contribution in [0.15, 0.2) is 96.0 Å². The second-order valence-electron chi connectivity index (χ2n) is 10.1. The average Bonchev–Trinajstić information content (AvgIpc) is 3.37. The van der Waals surface area contributed by atoms with Gasteiger partial charge in [0.15, 0.2) is 0 Å². The van der Waals surface area contributed by atoms with Gasteiger partial charge in [0, 0.05) is 23.8 Å². The predicted molar refractivity (Wildman–Crippen MR) is 164 cm³/mol. The molecule has 0 saturated carbocycles. The average molecular weight is 560 g/mol. The number of methoxy groups -OCH3 is 1. The highest BCUT2D eigenvalue weighted by molar-refractivity contribution is 7.90. The third kappa shape index (κ3) is 8.33. The number of rotatable bonds is 17. The van der Waals surface area contributed by atoms with Gasteiger partial charge in [-0.3, -0.25) is 0 Å². The van der Waals surface area contributed by atoms with Crippen LogP contribution in [0.25, 0.3) is 17.0 Å². The van der Waals surface area contributed by atoms with Crippen LogP contribution < -0.4 is 4.74 Å². The SMILES string of the molecule is COc1ccc(S(=O)(=O)n2cc(/C=C/CCCCCCCCCCOCc3ccccc3)c3ccccc32)cc1. The first-order valence-corrected chi connectivity index (χ1v) is 15.8. The summed E-state index contributed by atoms with van der Waals surface area (Å²) in [5, 5.41) is 0.932. The van der Waals surface area contributed by atoms with Gasteiger partial charge in [0.05, 0.1) is 24.1 Å². The fraction of sp³-hybridized carbons (Fsp3) is 0.353. The maximum Gasteiger partial charge on any atom is 0.268 e. The molecule has 1 heterocycles. The second kappa shape index (κ2) is 15.4. The molecule has 0 radical (unpaired) electrons. The van der Waals surface area contributed by atoms with E-state index in [0.29, 0.717) is 17.9 Å². The zero-order chi connectivity index (χ0) is 28.0. The van der Waals surface area contributed by atoms with Crippen LogP contribution >= 0.6 is 0 Å². The number of ether oxygens (including phenoxy) is 2. The normalized spacial score (nSPS) is 11.9. The summed E-state index contributed by atoms with van der Waals surface area (Å²) in [6, 6.07) is 24.5. The minimum Gasteiger partial charge on any atom is -0.497 e. The summed E-state index contributed by atoms with van der Waals surface area (Å²) < 4.78 is 39.1. The van der Waals surface area contributed by atoms with Gasteiger partial charge in [-0.2, -0.15) is 0 Å². The van der Waals surface area contributed by atoms with Gasteiger partial charge >= 0.3 is 0 Å². The topological polar surface area (TPSA) is 57.5 Å². The number of hydrogen-bond acceptors (Lipinski definition) is 4. The first kappa shape index (κ1) is 29.6. The summed E-state index contributed by atoms with van der Waals surface area (Å²) in [5.74, 6) is 0.625. The zero-order valence-corrected chi connectivity index (χ0v) is 24.3. The Hall–Kier alpha value is -3.35. The van der Waals surface area contributed by atoms with E-state index >= 15 is 0 Å². The molecule has 1 aromatic heterocycles. The van der Waals surface area contributed by atoms with E-state index in [1.54, 1.807) is 37.6 Å². The van der Waals surface area contributed by atoms with Crippen LogP contribution in [0, 0.1) is 0 Å². The van der Waals surface area contributed by atoms with Crippen LogP contribution in [-0.2, 0) is 21.4 Å². The Morgan fingerprint density at radius 3 is 2.12 bits per heavy atom. The lowest BCUT2D eigenvalue weighted by atomic mass is 10.1. The lowest BCUT2D eigenvalue weighted by Crippen LogP contribution is -2.11. The van der Waals surface area contributed by atoms with Crippen LogP contribution in [0.2, 0.25) is 0 Å². The smallest absolute Gasteiger partial charge is 0.268 e. The molecule has 0 spiro atoms. The fourth-order valence-electron chi connectivity index (χ4n) is 4.87. The number of allylic oxidation sites excluding steroid dienone is 1. The van der Waals surface area contributed by atoms with Crippen molar-refractivity contribution in [1.29, 1.82) is 0 Å². The molecule has 212 valence electrons. The van der Waals surface area contributed by atoms with Crippen molar-refractivity contribution < 1.29 is 17.9 Å². The first-order valence-electron chi connectivity index (χ1n) is 14.4. The van der Waals surface area contributed by atoms with Crippen molar-refractivity contribution in [1.82, 2.24) is 3.97 Å². The van der Waals surface area contributed by atoms with Gasteiger partial charge in [0.2, 0.25) is 0 Å². The van der Waals surface area contributed by atoms with E-state index in [-0.39, 0.29) is 4.90 Å². The Morgan fingerprint density at radius 1 is 0.750 bits per heavy atom. The van der Waals surface area contributed by atoms with Gasteiger partial charge in [0.25, 0.3) is 10.0 Å². The molecule has 0 atom stereocenters. The molecule has 0 bridgehead atoms. The van der Waals surface area contributed by atoms with E-state index in [2.05, 4.69) is 36.4 Å². The number of para-hydroxylation sites is 1. The molecule has 6 heteroatoms. The molecular formula is C34H41NO4S. The molecule has 0 saturated heterocycles. The maximum atomic E-state index is 13.4. The minimum absolute atomic E-state index is 0.237. The number of unbranched alkanes of at least 4 members (excludes halogenated alkanes) is 8. The van der Waals surface area contributed by atoms with Gasteiger partial charge in [-0.05, 0) is 55.2 Å². The third-order valence-electron chi connectivity index (χ3n) is 7.14. The number of hydrogen-bond donors (Lipinski definition) is 0. The molecule has 3 aromatic carbocycles. The van der Waals surface area contributed by atoms with Gasteiger partial charge < -0.3 is 9.47 Å². The number of benzene rings is 3. The van der Waals surface area contributed by atoms with Crippen LogP contribution in [0.3, 0.4) is 0 Å². The Morgan fingerprint density at radius 2 is 1.40 bits per heavy atom. The lowest BCUT2D eigenvalue weighted by molar-refractivity contribution is 0.116. The summed E-state index contributed by atoms with van der Waals surface area (Å²) in [5.41, 5.74) is 2.84. The van der Waals surface area contributed by atoms with E-state index in [4.69, 9.17) is 9.47 Å². The van der Waals surface area contributed by atoms with Crippen molar-refractivity contribution in [2.24, 2.45) is 0 Å². The molecule has 0 amide bonds. The molecule has 0 fully saturated rings. The lowest BCUT2D eigenvalue weighted by Gasteiger charge is -2.08. The molecule has 5 nitrogen and oxygen atoms in total. The Labute approximate surface area is 239 Å². The Kier molecular flexibility index (Phi) is 11.4. The molecule has 0 aliphatic rings. The summed E-state index contributed by atoms with van der Waals surface area (Å²) >= 11 is 0. The third-order valence-corrected chi connectivity index (χ3v) is 8.83. The van der Waals surface area contributed by atoms with Crippen LogP contribution in [0.4, 0.5) is 0 Å². The highest BCUT2D eigenvalue weighted by atomic mass is 32.2. The number of aromatic nitrogens is 1. The van der Waals surface area contributed by atoms with Gasteiger partial charge in [0.1, 0.15) is 5.75 Å². The van der Waals surface area contributed by atoms with E-state index in [1.165, 1.54) is 48.1 Å². The van der Waals surface area contributed by atoms with E-state index in [1.807, 2.05) is 30.3 Å². The summed E-state index contributed by atoms with van der Waals surface area (Å²) in [6.45, 7) is 1.55. The fourth-order valence-corrected chi connectivity index (χ4v) is 6.25. The largest absolute Gasteiger partial charge is 0.497 e. The zero-order valence-electron chi connectivity index (χ0n) is 23.5. The molecular weight excluding hydrogens is 518 g/mol. The maximum absolute atomic E-state index is 13.4. The Bertz CT molecular complexity index is 1440. The number of nitrogens with zero attached hydrogens (tertiary/aromatic N) is 1. The molecule has 0 aliphatic heterocycles. The first-order chi connectivity index (χ1) is 19.6. The second-order valence-corrected chi connectivity index (χ2v) is 12.0. The van der Waals surface area contributed by atoms with Crippen molar-refractivity contribution in [2.75, 3.05) is 13.7 Å².